The molecule has 2 fully saturated rings. The van der Waals surface area contributed by atoms with Gasteiger partial charge in [0, 0.05) is 24.7 Å². The predicted octanol–water partition coefficient (Wildman–Crippen LogP) is 2.25. The number of hydrogen-bond donors (Lipinski definition) is 1. The Kier molecular flexibility index (Phi) is 3.68. The van der Waals surface area contributed by atoms with Crippen LogP contribution in [0.3, 0.4) is 0 Å². The summed E-state index contributed by atoms with van der Waals surface area (Å²) in [4.78, 5) is 2.71. The fourth-order valence-electron chi connectivity index (χ4n) is 3.33. The van der Waals surface area contributed by atoms with Crippen molar-refractivity contribution in [3.63, 3.8) is 0 Å². The average molecular weight is 210 g/mol. The van der Waals surface area contributed by atoms with E-state index in [0.717, 1.165) is 24.0 Å². The summed E-state index contributed by atoms with van der Waals surface area (Å²) in [6.07, 6.45) is 5.61. The van der Waals surface area contributed by atoms with E-state index >= 15 is 0 Å². The fourth-order valence-corrected chi connectivity index (χ4v) is 3.33. The number of rotatable bonds is 4. The van der Waals surface area contributed by atoms with Gasteiger partial charge in [-0.25, -0.2) is 0 Å². The smallest absolute Gasteiger partial charge is 0.0125 e. The molecule has 2 rings (SSSR count). The second-order valence-electron chi connectivity index (χ2n) is 5.74. The zero-order valence-electron chi connectivity index (χ0n) is 10.5. The largest absolute Gasteiger partial charge is 0.311 e. The van der Waals surface area contributed by atoms with Gasteiger partial charge >= 0.3 is 0 Å². The Morgan fingerprint density at radius 1 is 1.20 bits per heavy atom. The summed E-state index contributed by atoms with van der Waals surface area (Å²) in [6, 6.07) is 2.51. The lowest BCUT2D eigenvalue weighted by Gasteiger charge is -2.38. The van der Waals surface area contributed by atoms with Gasteiger partial charge in [0.25, 0.3) is 0 Å². The molecule has 0 saturated carbocycles. The molecule has 88 valence electrons. The Morgan fingerprint density at radius 3 is 2.27 bits per heavy atom. The minimum Gasteiger partial charge on any atom is -0.311 e. The van der Waals surface area contributed by atoms with E-state index in [2.05, 4.69) is 31.0 Å². The van der Waals surface area contributed by atoms with E-state index in [1.54, 1.807) is 0 Å². The summed E-state index contributed by atoms with van der Waals surface area (Å²) >= 11 is 0. The quantitative estimate of drug-likeness (QED) is 0.765. The molecule has 2 aliphatic heterocycles. The van der Waals surface area contributed by atoms with Crippen LogP contribution in [0.25, 0.3) is 0 Å². The van der Waals surface area contributed by atoms with Crippen LogP contribution < -0.4 is 5.32 Å². The average Bonchev–Trinajstić information content (AvgIpc) is 2.54. The Hall–Kier alpha value is -0.0800. The van der Waals surface area contributed by atoms with Crippen LogP contribution >= 0.6 is 0 Å². The predicted molar refractivity (Wildman–Crippen MR) is 65.1 cm³/mol. The summed E-state index contributed by atoms with van der Waals surface area (Å²) in [6.45, 7) is 9.48. The van der Waals surface area contributed by atoms with Crippen LogP contribution in [0.2, 0.25) is 0 Å². The van der Waals surface area contributed by atoms with Crippen molar-refractivity contribution in [2.75, 3.05) is 13.1 Å². The first-order valence-corrected chi connectivity index (χ1v) is 6.69. The third kappa shape index (κ3) is 2.73. The van der Waals surface area contributed by atoms with Crippen molar-refractivity contribution in [3.05, 3.63) is 0 Å². The fraction of sp³-hybridized carbons (Fsp3) is 1.00. The van der Waals surface area contributed by atoms with Gasteiger partial charge in [-0.15, -0.1) is 0 Å². The van der Waals surface area contributed by atoms with Crippen LogP contribution in [-0.2, 0) is 0 Å². The minimum absolute atomic E-state index is 0.803. The van der Waals surface area contributed by atoms with Gasteiger partial charge in [-0.3, -0.25) is 0 Å². The molecule has 2 atom stereocenters. The monoisotopic (exact) mass is 210 g/mol. The maximum Gasteiger partial charge on any atom is 0.0125 e. The van der Waals surface area contributed by atoms with Gasteiger partial charge in [-0.05, 0) is 38.1 Å². The van der Waals surface area contributed by atoms with E-state index in [9.17, 15) is 0 Å². The molecule has 2 heteroatoms. The van der Waals surface area contributed by atoms with Crippen molar-refractivity contribution in [3.8, 4) is 0 Å². The van der Waals surface area contributed by atoms with Crippen molar-refractivity contribution < 1.29 is 0 Å². The number of nitrogens with one attached hydrogen (secondary N) is 1. The molecule has 0 aromatic carbocycles. The summed E-state index contributed by atoms with van der Waals surface area (Å²) in [7, 11) is 0. The molecule has 0 spiro atoms. The topological polar surface area (TPSA) is 15.3 Å². The second-order valence-corrected chi connectivity index (χ2v) is 5.74. The Bertz CT molecular complexity index is 191. The van der Waals surface area contributed by atoms with Crippen LogP contribution in [-0.4, -0.2) is 36.1 Å². The molecule has 1 N–H and O–H groups in total. The second kappa shape index (κ2) is 4.84. The highest BCUT2D eigenvalue weighted by atomic mass is 15.2. The van der Waals surface area contributed by atoms with Gasteiger partial charge in [-0.2, -0.15) is 0 Å². The molecule has 0 radical (unpaired) electrons. The minimum atomic E-state index is 0.803. The van der Waals surface area contributed by atoms with Crippen LogP contribution in [0.1, 0.15) is 46.5 Å². The molecule has 2 unspecified atom stereocenters. The standard InChI is InChI=1S/C13H26N2/c1-4-15(9-10(2)3)13-7-11-5-6-12(8-13)14-11/h10-14H,4-9H2,1-3H3. The third-order valence-corrected chi connectivity index (χ3v) is 3.97. The molecular formula is C13H26N2. The lowest BCUT2D eigenvalue weighted by atomic mass is 9.97. The first kappa shape index (κ1) is 11.4. The van der Waals surface area contributed by atoms with Crippen molar-refractivity contribution >= 4 is 0 Å². The molecular weight excluding hydrogens is 184 g/mol. The van der Waals surface area contributed by atoms with E-state index < -0.39 is 0 Å². The molecule has 2 nitrogen and oxygen atoms in total. The summed E-state index contributed by atoms with van der Waals surface area (Å²) in [5.74, 6) is 0.803. The number of hydrogen-bond acceptors (Lipinski definition) is 2. The Morgan fingerprint density at radius 2 is 1.80 bits per heavy atom. The number of piperidine rings is 1. The van der Waals surface area contributed by atoms with Gasteiger partial charge in [0.15, 0.2) is 0 Å². The highest BCUT2D eigenvalue weighted by Gasteiger charge is 2.35. The Balaban J connectivity index is 1.91. The Labute approximate surface area is 94.4 Å². The van der Waals surface area contributed by atoms with E-state index in [0.29, 0.717) is 0 Å². The van der Waals surface area contributed by atoms with Crippen molar-refractivity contribution in [2.24, 2.45) is 5.92 Å². The lowest BCUT2D eigenvalue weighted by molar-refractivity contribution is 0.133. The zero-order chi connectivity index (χ0) is 10.8. The highest BCUT2D eigenvalue weighted by molar-refractivity contribution is 4.95. The maximum absolute atomic E-state index is 3.73. The van der Waals surface area contributed by atoms with Crippen LogP contribution in [0.4, 0.5) is 0 Å². The zero-order valence-corrected chi connectivity index (χ0v) is 10.5. The normalized spacial score (nSPS) is 35.4. The van der Waals surface area contributed by atoms with E-state index in [4.69, 9.17) is 0 Å². The van der Waals surface area contributed by atoms with Gasteiger partial charge in [0.1, 0.15) is 0 Å². The molecule has 0 aromatic heterocycles. The lowest BCUT2D eigenvalue weighted by Crippen LogP contribution is -2.49. The van der Waals surface area contributed by atoms with E-state index in [1.165, 1.54) is 38.8 Å². The summed E-state index contributed by atoms with van der Waals surface area (Å²) in [5, 5.41) is 3.73. The van der Waals surface area contributed by atoms with Crippen molar-refractivity contribution in [2.45, 2.75) is 64.6 Å². The molecule has 2 heterocycles. The molecule has 15 heavy (non-hydrogen) atoms. The van der Waals surface area contributed by atoms with Crippen molar-refractivity contribution in [1.82, 2.24) is 10.2 Å². The van der Waals surface area contributed by atoms with Crippen LogP contribution in [0.15, 0.2) is 0 Å². The maximum atomic E-state index is 3.73. The van der Waals surface area contributed by atoms with Crippen LogP contribution in [0, 0.1) is 5.92 Å². The van der Waals surface area contributed by atoms with E-state index in [-0.39, 0.29) is 0 Å². The SMILES string of the molecule is CCN(CC(C)C)C1CC2CCC(C1)N2. The molecule has 2 bridgehead atoms. The first-order valence-electron chi connectivity index (χ1n) is 6.69. The van der Waals surface area contributed by atoms with E-state index in [1.807, 2.05) is 0 Å². The summed E-state index contributed by atoms with van der Waals surface area (Å²) in [5.41, 5.74) is 0. The van der Waals surface area contributed by atoms with Gasteiger partial charge in [-0.1, -0.05) is 20.8 Å². The molecule has 2 aliphatic rings. The molecule has 0 aromatic rings. The van der Waals surface area contributed by atoms with Crippen LogP contribution in [0.5, 0.6) is 0 Å². The number of nitrogens with zero attached hydrogens (tertiary/aromatic N) is 1. The number of fused-ring (bicyclic) bond motifs is 2. The first-order chi connectivity index (χ1) is 7.19. The van der Waals surface area contributed by atoms with Crippen molar-refractivity contribution in [1.29, 1.82) is 0 Å². The molecule has 0 aliphatic carbocycles. The van der Waals surface area contributed by atoms with Gasteiger partial charge < -0.3 is 10.2 Å². The summed E-state index contributed by atoms with van der Waals surface area (Å²) < 4.78 is 0. The third-order valence-electron chi connectivity index (χ3n) is 3.97. The molecule has 2 saturated heterocycles. The highest BCUT2D eigenvalue weighted by Crippen LogP contribution is 2.29. The molecule has 0 amide bonds. The van der Waals surface area contributed by atoms with Gasteiger partial charge in [0.05, 0.1) is 0 Å². The van der Waals surface area contributed by atoms with Gasteiger partial charge in [0.2, 0.25) is 0 Å².